The van der Waals surface area contributed by atoms with E-state index >= 15 is 0 Å². The molecular formula is C41H32N4. The lowest BCUT2D eigenvalue weighted by atomic mass is 9.88. The molecular weight excluding hydrogens is 548 g/mol. The van der Waals surface area contributed by atoms with Gasteiger partial charge >= 0.3 is 0 Å². The first-order chi connectivity index (χ1) is 22.0. The lowest BCUT2D eigenvalue weighted by molar-refractivity contribution is 1.09. The first-order valence-electron chi connectivity index (χ1n) is 14.8. The first kappa shape index (κ1) is 29.0. The van der Waals surface area contributed by atoms with Crippen molar-refractivity contribution in [3.05, 3.63) is 157 Å². The van der Waals surface area contributed by atoms with Crippen LogP contribution < -0.4 is 5.32 Å². The van der Waals surface area contributed by atoms with E-state index in [1.165, 1.54) is 0 Å². The molecule has 0 unspecified atom stereocenters. The monoisotopic (exact) mass is 580 g/mol. The van der Waals surface area contributed by atoms with Crippen LogP contribution in [-0.2, 0) is 0 Å². The fourth-order valence-corrected chi connectivity index (χ4v) is 5.86. The van der Waals surface area contributed by atoms with E-state index in [-0.39, 0.29) is 0 Å². The van der Waals surface area contributed by atoms with Crippen LogP contribution in [0.25, 0.3) is 60.6 Å². The van der Waals surface area contributed by atoms with Crippen molar-refractivity contribution in [3.8, 4) is 39.4 Å². The number of pyridine rings is 1. The Morgan fingerprint density at radius 3 is 2.24 bits per heavy atom. The molecule has 0 spiro atoms. The van der Waals surface area contributed by atoms with E-state index in [9.17, 15) is 5.26 Å². The standard InChI is InChI=1S/C41H32N4/c1-4-9-37(43)39-24-32(25-40(45-39)38(44-3)10-5-2)33-14-8-12-29-19-20-31(23-36(29)33)35-22-21-28-11-6-7-13-34(28)41(35)30-17-15-27(26-42)16-18-30/h4-25,43-44H,2H2,1,3H3/b9-4-,38-10-,43-37?. The summed E-state index contributed by atoms with van der Waals surface area (Å²) in [5.74, 6) is 0. The topological polar surface area (TPSA) is 72.6 Å². The summed E-state index contributed by atoms with van der Waals surface area (Å²) in [5, 5.41) is 25.8. The second-order valence-corrected chi connectivity index (χ2v) is 10.7. The first-order valence-corrected chi connectivity index (χ1v) is 14.8. The maximum absolute atomic E-state index is 9.41. The molecule has 45 heavy (non-hydrogen) atoms. The van der Waals surface area contributed by atoms with E-state index in [1.54, 1.807) is 12.2 Å². The lowest BCUT2D eigenvalue weighted by Crippen LogP contribution is -2.09. The van der Waals surface area contributed by atoms with Crippen molar-refractivity contribution >= 4 is 33.0 Å². The predicted octanol–water partition coefficient (Wildman–Crippen LogP) is 9.95. The highest BCUT2D eigenvalue weighted by molar-refractivity contribution is 6.08. The number of hydrogen-bond acceptors (Lipinski definition) is 4. The molecule has 0 atom stereocenters. The summed E-state index contributed by atoms with van der Waals surface area (Å²) in [5.41, 5.74) is 9.59. The van der Waals surface area contributed by atoms with Crippen LogP contribution >= 0.6 is 0 Å². The van der Waals surface area contributed by atoms with Gasteiger partial charge in [-0.2, -0.15) is 5.26 Å². The van der Waals surface area contributed by atoms with Crippen molar-refractivity contribution in [1.29, 1.82) is 10.7 Å². The molecule has 0 amide bonds. The molecule has 0 aliphatic rings. The third-order valence-electron chi connectivity index (χ3n) is 8.00. The lowest BCUT2D eigenvalue weighted by Gasteiger charge is -2.16. The van der Waals surface area contributed by atoms with Crippen molar-refractivity contribution in [2.24, 2.45) is 0 Å². The molecule has 1 aromatic heterocycles. The summed E-state index contributed by atoms with van der Waals surface area (Å²) in [6.07, 6.45) is 7.24. The Morgan fingerprint density at radius 2 is 1.49 bits per heavy atom. The quantitative estimate of drug-likeness (QED) is 0.139. The van der Waals surface area contributed by atoms with Crippen LogP contribution in [0, 0.1) is 16.7 Å². The second kappa shape index (κ2) is 12.7. The molecule has 0 fully saturated rings. The minimum atomic E-state index is 0.346. The molecule has 0 radical (unpaired) electrons. The maximum atomic E-state index is 9.41. The number of aromatic nitrogens is 1. The average Bonchev–Trinajstić information content (AvgIpc) is 3.09. The fourth-order valence-electron chi connectivity index (χ4n) is 5.86. The molecule has 2 N–H and O–H groups in total. The maximum Gasteiger partial charge on any atom is 0.0991 e. The van der Waals surface area contributed by atoms with Crippen molar-refractivity contribution in [3.63, 3.8) is 0 Å². The molecule has 5 aromatic carbocycles. The Kier molecular flexibility index (Phi) is 8.18. The van der Waals surface area contributed by atoms with Crippen LogP contribution in [0.5, 0.6) is 0 Å². The summed E-state index contributed by atoms with van der Waals surface area (Å²) >= 11 is 0. The van der Waals surface area contributed by atoms with E-state index < -0.39 is 0 Å². The molecule has 0 aliphatic heterocycles. The zero-order chi connectivity index (χ0) is 31.3. The molecule has 0 aliphatic carbocycles. The normalized spacial score (nSPS) is 11.5. The van der Waals surface area contributed by atoms with Gasteiger partial charge in [-0.3, -0.25) is 5.41 Å². The average molecular weight is 581 g/mol. The minimum Gasteiger partial charge on any atom is -0.386 e. The van der Waals surface area contributed by atoms with Crippen molar-refractivity contribution in [2.45, 2.75) is 6.92 Å². The number of nitrogens with zero attached hydrogens (tertiary/aromatic N) is 2. The van der Waals surface area contributed by atoms with Gasteiger partial charge in [-0.1, -0.05) is 97.6 Å². The van der Waals surface area contributed by atoms with E-state index in [0.717, 1.165) is 66.3 Å². The number of rotatable bonds is 8. The fraction of sp³-hybridized carbons (Fsp3) is 0.0488. The summed E-state index contributed by atoms with van der Waals surface area (Å²) in [6, 6.07) is 39.9. The number of fused-ring (bicyclic) bond motifs is 2. The number of nitrogens with one attached hydrogen (secondary N) is 2. The Hall–Kier alpha value is -6.05. The Morgan fingerprint density at radius 1 is 0.778 bits per heavy atom. The number of hydrogen-bond donors (Lipinski definition) is 2. The third-order valence-corrected chi connectivity index (χ3v) is 8.00. The van der Waals surface area contributed by atoms with Gasteiger partial charge in [0.1, 0.15) is 0 Å². The molecule has 0 bridgehead atoms. The molecule has 216 valence electrons. The summed E-state index contributed by atoms with van der Waals surface area (Å²) in [7, 11) is 1.86. The zero-order valence-corrected chi connectivity index (χ0v) is 25.3. The second-order valence-electron chi connectivity index (χ2n) is 10.7. The zero-order valence-electron chi connectivity index (χ0n) is 25.3. The predicted molar refractivity (Wildman–Crippen MR) is 189 cm³/mol. The minimum absolute atomic E-state index is 0.346. The van der Waals surface area contributed by atoms with Gasteiger partial charge in [-0.15, -0.1) is 0 Å². The van der Waals surface area contributed by atoms with Gasteiger partial charge in [0.2, 0.25) is 0 Å². The molecule has 1 heterocycles. The third kappa shape index (κ3) is 5.68. The van der Waals surface area contributed by atoms with Crippen molar-refractivity contribution in [1.82, 2.24) is 10.3 Å². The van der Waals surface area contributed by atoms with E-state index in [0.29, 0.717) is 17.0 Å². The molecule has 0 saturated carbocycles. The van der Waals surface area contributed by atoms with Crippen LogP contribution in [0.4, 0.5) is 0 Å². The van der Waals surface area contributed by atoms with E-state index in [4.69, 9.17) is 10.4 Å². The van der Waals surface area contributed by atoms with Crippen LogP contribution in [0.1, 0.15) is 23.9 Å². The highest BCUT2D eigenvalue weighted by Gasteiger charge is 2.16. The number of nitriles is 1. The van der Waals surface area contributed by atoms with E-state index in [2.05, 4.69) is 96.8 Å². The highest BCUT2D eigenvalue weighted by atomic mass is 14.9. The molecule has 4 heteroatoms. The molecule has 4 nitrogen and oxygen atoms in total. The van der Waals surface area contributed by atoms with Crippen LogP contribution in [0.3, 0.4) is 0 Å². The Labute approximate surface area is 263 Å². The van der Waals surface area contributed by atoms with Crippen molar-refractivity contribution in [2.75, 3.05) is 7.05 Å². The molecule has 6 aromatic rings. The number of allylic oxidation sites excluding steroid dienone is 4. The van der Waals surface area contributed by atoms with Crippen molar-refractivity contribution < 1.29 is 0 Å². The van der Waals surface area contributed by atoms with Gasteiger partial charge in [-0.05, 0) is 104 Å². The summed E-state index contributed by atoms with van der Waals surface area (Å²) < 4.78 is 0. The highest BCUT2D eigenvalue weighted by Crippen LogP contribution is 2.40. The van der Waals surface area contributed by atoms with Gasteiger partial charge in [-0.25, -0.2) is 4.98 Å². The van der Waals surface area contributed by atoms with E-state index in [1.807, 2.05) is 56.5 Å². The molecule has 6 rings (SSSR count). The van der Waals surface area contributed by atoms with Crippen LogP contribution in [0.2, 0.25) is 0 Å². The van der Waals surface area contributed by atoms with Crippen LogP contribution in [0.15, 0.2) is 140 Å². The van der Waals surface area contributed by atoms with Gasteiger partial charge in [0, 0.05) is 7.05 Å². The summed E-state index contributed by atoms with van der Waals surface area (Å²) in [4.78, 5) is 4.82. The Balaban J connectivity index is 1.59. The van der Waals surface area contributed by atoms with Gasteiger partial charge in [0.25, 0.3) is 0 Å². The van der Waals surface area contributed by atoms with Gasteiger partial charge < -0.3 is 5.32 Å². The van der Waals surface area contributed by atoms with Gasteiger partial charge in [0.15, 0.2) is 0 Å². The smallest absolute Gasteiger partial charge is 0.0991 e. The number of benzene rings is 5. The largest absolute Gasteiger partial charge is 0.386 e. The van der Waals surface area contributed by atoms with Gasteiger partial charge in [0.05, 0.1) is 34.4 Å². The van der Waals surface area contributed by atoms with Crippen LogP contribution in [-0.4, -0.2) is 17.7 Å². The molecule has 0 saturated heterocycles. The SMILES string of the molecule is C=C/C=C(\NC)c1cc(-c2cccc3ccc(-c4ccc5ccccc5c4-c4ccc(C#N)cc4)cc23)cc(C(=N)/C=C\C)n1. The summed E-state index contributed by atoms with van der Waals surface area (Å²) in [6.45, 7) is 5.77. The Bertz CT molecular complexity index is 2190.